The van der Waals surface area contributed by atoms with Crippen molar-refractivity contribution in [3.05, 3.63) is 88.4 Å². The fourth-order valence-electron chi connectivity index (χ4n) is 2.76. The molecule has 0 unspecified atom stereocenters. The SMILES string of the molecule is N#Cc1ccc(NC(=S)Nc2ccccc2C(=O)Nc2ccc(Cl)cc2)cc1C(F)(F)F. The lowest BCUT2D eigenvalue weighted by atomic mass is 10.1. The van der Waals surface area contributed by atoms with Gasteiger partial charge in [-0.15, -0.1) is 0 Å². The Balaban J connectivity index is 1.76. The number of benzene rings is 3. The molecule has 0 saturated carbocycles. The molecule has 3 rings (SSSR count). The number of alkyl halides is 3. The van der Waals surface area contributed by atoms with Crippen LogP contribution >= 0.6 is 23.8 Å². The van der Waals surface area contributed by atoms with Crippen molar-refractivity contribution in [2.45, 2.75) is 6.18 Å². The normalized spacial score (nSPS) is 10.7. The fraction of sp³-hybridized carbons (Fsp3) is 0.0455. The van der Waals surface area contributed by atoms with Gasteiger partial charge in [0.2, 0.25) is 0 Å². The molecule has 0 radical (unpaired) electrons. The van der Waals surface area contributed by atoms with E-state index in [-0.39, 0.29) is 16.4 Å². The van der Waals surface area contributed by atoms with Gasteiger partial charge in [-0.2, -0.15) is 18.4 Å². The van der Waals surface area contributed by atoms with Crippen LogP contribution in [0.3, 0.4) is 0 Å². The van der Waals surface area contributed by atoms with Crippen LogP contribution in [0.15, 0.2) is 66.7 Å². The summed E-state index contributed by atoms with van der Waals surface area (Å²) in [6, 6.07) is 17.7. The van der Waals surface area contributed by atoms with Gasteiger partial charge in [-0.05, 0) is 66.8 Å². The quantitative estimate of drug-likeness (QED) is 0.387. The van der Waals surface area contributed by atoms with Crippen molar-refractivity contribution in [1.82, 2.24) is 0 Å². The second-order valence-electron chi connectivity index (χ2n) is 6.46. The number of para-hydroxylation sites is 1. The zero-order valence-electron chi connectivity index (χ0n) is 16.1. The van der Waals surface area contributed by atoms with E-state index in [1.54, 1.807) is 48.5 Å². The predicted molar refractivity (Wildman–Crippen MR) is 122 cm³/mol. The molecule has 0 aliphatic carbocycles. The molecule has 0 aliphatic heterocycles. The number of hydrogen-bond donors (Lipinski definition) is 3. The van der Waals surface area contributed by atoms with Gasteiger partial charge >= 0.3 is 6.18 Å². The van der Waals surface area contributed by atoms with Crippen LogP contribution in [-0.2, 0) is 6.18 Å². The predicted octanol–water partition coefficient (Wildman–Crippen LogP) is 6.29. The van der Waals surface area contributed by atoms with Gasteiger partial charge in [-0.25, -0.2) is 0 Å². The summed E-state index contributed by atoms with van der Waals surface area (Å²) in [5.41, 5.74) is -0.380. The summed E-state index contributed by atoms with van der Waals surface area (Å²) < 4.78 is 39.5. The molecule has 0 spiro atoms. The van der Waals surface area contributed by atoms with E-state index in [2.05, 4.69) is 16.0 Å². The molecule has 0 saturated heterocycles. The zero-order chi connectivity index (χ0) is 23.3. The summed E-state index contributed by atoms with van der Waals surface area (Å²) >= 11 is 11.0. The van der Waals surface area contributed by atoms with E-state index in [0.717, 1.165) is 12.1 Å². The van der Waals surface area contributed by atoms with Crippen molar-refractivity contribution in [3.63, 3.8) is 0 Å². The molecule has 0 fully saturated rings. The standard InChI is InChI=1S/C22H14ClF3N4OS/c23-14-6-9-15(10-7-14)28-20(31)17-3-1-2-4-19(17)30-21(32)29-16-8-5-13(12-27)18(11-16)22(24,25)26/h1-11H,(H,28,31)(H2,29,30,32). The summed E-state index contributed by atoms with van der Waals surface area (Å²) in [4.78, 5) is 12.7. The molecule has 3 aromatic rings. The minimum Gasteiger partial charge on any atom is -0.332 e. The average molecular weight is 475 g/mol. The number of nitrogens with zero attached hydrogens (tertiary/aromatic N) is 1. The number of amides is 1. The molecular formula is C22H14ClF3N4OS. The Hall–Kier alpha value is -3.61. The summed E-state index contributed by atoms with van der Waals surface area (Å²) in [5.74, 6) is -0.420. The Bertz CT molecular complexity index is 1210. The third-order valence-corrected chi connectivity index (χ3v) is 4.68. The van der Waals surface area contributed by atoms with E-state index in [9.17, 15) is 18.0 Å². The highest BCUT2D eigenvalue weighted by Crippen LogP contribution is 2.33. The number of thiocarbonyl (C=S) groups is 1. The largest absolute Gasteiger partial charge is 0.417 e. The third kappa shape index (κ3) is 5.75. The topological polar surface area (TPSA) is 77.0 Å². The molecule has 0 bridgehead atoms. The Morgan fingerprint density at radius 2 is 1.59 bits per heavy atom. The molecular weight excluding hydrogens is 461 g/mol. The summed E-state index contributed by atoms with van der Waals surface area (Å²) in [6.45, 7) is 0. The van der Waals surface area contributed by atoms with Crippen molar-refractivity contribution in [2.75, 3.05) is 16.0 Å². The average Bonchev–Trinajstić information content (AvgIpc) is 2.75. The minimum atomic E-state index is -4.69. The van der Waals surface area contributed by atoms with E-state index in [1.807, 2.05) is 0 Å². The van der Waals surface area contributed by atoms with Crippen LogP contribution in [0.4, 0.5) is 30.2 Å². The molecule has 162 valence electrons. The van der Waals surface area contributed by atoms with E-state index >= 15 is 0 Å². The lowest BCUT2D eigenvalue weighted by molar-refractivity contribution is -0.137. The minimum absolute atomic E-state index is 0.0328. The van der Waals surface area contributed by atoms with E-state index in [4.69, 9.17) is 29.1 Å². The molecule has 0 aliphatic rings. The molecule has 3 aromatic carbocycles. The van der Waals surface area contributed by atoms with E-state index < -0.39 is 23.2 Å². The van der Waals surface area contributed by atoms with Crippen LogP contribution in [0.2, 0.25) is 5.02 Å². The van der Waals surface area contributed by atoms with E-state index in [1.165, 1.54) is 12.1 Å². The summed E-state index contributed by atoms with van der Waals surface area (Å²) in [5, 5.41) is 17.6. The van der Waals surface area contributed by atoms with Gasteiger partial charge in [0, 0.05) is 16.4 Å². The monoisotopic (exact) mass is 474 g/mol. The maximum Gasteiger partial charge on any atom is 0.417 e. The van der Waals surface area contributed by atoms with Crippen LogP contribution < -0.4 is 16.0 Å². The lowest BCUT2D eigenvalue weighted by Crippen LogP contribution is -2.22. The van der Waals surface area contributed by atoms with Crippen molar-refractivity contribution >= 4 is 51.9 Å². The number of nitriles is 1. The lowest BCUT2D eigenvalue weighted by Gasteiger charge is -2.15. The summed E-state index contributed by atoms with van der Waals surface area (Å²) in [6.07, 6.45) is -4.69. The Morgan fingerprint density at radius 1 is 0.938 bits per heavy atom. The highest BCUT2D eigenvalue weighted by atomic mass is 35.5. The number of nitrogens with one attached hydrogen (secondary N) is 3. The smallest absolute Gasteiger partial charge is 0.332 e. The van der Waals surface area contributed by atoms with Gasteiger partial charge < -0.3 is 16.0 Å². The first-order valence-corrected chi connectivity index (χ1v) is 9.81. The molecule has 0 atom stereocenters. The number of hydrogen-bond acceptors (Lipinski definition) is 3. The van der Waals surface area contributed by atoms with Crippen molar-refractivity contribution in [3.8, 4) is 6.07 Å². The number of rotatable bonds is 4. The molecule has 5 nitrogen and oxygen atoms in total. The van der Waals surface area contributed by atoms with Crippen LogP contribution in [0, 0.1) is 11.3 Å². The second kappa shape index (κ2) is 9.68. The second-order valence-corrected chi connectivity index (χ2v) is 7.30. The van der Waals surface area contributed by atoms with Crippen LogP contribution in [0.5, 0.6) is 0 Å². The van der Waals surface area contributed by atoms with E-state index in [0.29, 0.717) is 16.4 Å². The van der Waals surface area contributed by atoms with Gasteiger partial charge in [-0.1, -0.05) is 23.7 Å². The maximum absolute atomic E-state index is 13.2. The molecule has 0 aromatic heterocycles. The maximum atomic E-state index is 13.2. The van der Waals surface area contributed by atoms with Crippen molar-refractivity contribution < 1.29 is 18.0 Å². The fourth-order valence-corrected chi connectivity index (χ4v) is 3.11. The van der Waals surface area contributed by atoms with Gasteiger partial charge in [0.15, 0.2) is 5.11 Å². The van der Waals surface area contributed by atoms with Crippen molar-refractivity contribution in [1.29, 1.82) is 5.26 Å². The molecule has 10 heteroatoms. The summed E-state index contributed by atoms with van der Waals surface area (Å²) in [7, 11) is 0. The Kier molecular flexibility index (Phi) is 6.98. The van der Waals surface area contributed by atoms with Crippen LogP contribution in [0.1, 0.15) is 21.5 Å². The first kappa shape index (κ1) is 23.1. The molecule has 3 N–H and O–H groups in total. The van der Waals surface area contributed by atoms with Gasteiger partial charge in [0.05, 0.1) is 28.4 Å². The molecule has 32 heavy (non-hydrogen) atoms. The molecule has 1 amide bonds. The number of carbonyl (C=O) groups is 1. The Labute approximate surface area is 191 Å². The van der Waals surface area contributed by atoms with Gasteiger partial charge in [0.1, 0.15) is 0 Å². The first-order valence-electron chi connectivity index (χ1n) is 9.02. The number of anilines is 3. The molecule has 0 heterocycles. The zero-order valence-corrected chi connectivity index (χ0v) is 17.7. The Morgan fingerprint density at radius 3 is 2.25 bits per heavy atom. The number of carbonyl (C=O) groups excluding carboxylic acids is 1. The van der Waals surface area contributed by atoms with Gasteiger partial charge in [-0.3, -0.25) is 4.79 Å². The van der Waals surface area contributed by atoms with Crippen LogP contribution in [-0.4, -0.2) is 11.0 Å². The number of halogens is 4. The third-order valence-electron chi connectivity index (χ3n) is 4.23. The van der Waals surface area contributed by atoms with Crippen molar-refractivity contribution in [2.24, 2.45) is 0 Å². The first-order chi connectivity index (χ1) is 15.2. The highest BCUT2D eigenvalue weighted by Gasteiger charge is 2.33. The van der Waals surface area contributed by atoms with Gasteiger partial charge in [0.25, 0.3) is 5.91 Å². The highest BCUT2D eigenvalue weighted by molar-refractivity contribution is 7.80. The van der Waals surface area contributed by atoms with Crippen LogP contribution in [0.25, 0.3) is 0 Å².